The maximum atomic E-state index is 4.22. The predicted molar refractivity (Wildman–Crippen MR) is 77.3 cm³/mol. The summed E-state index contributed by atoms with van der Waals surface area (Å²) < 4.78 is 2.13. The van der Waals surface area contributed by atoms with Gasteiger partial charge in [-0.15, -0.1) is 0 Å². The van der Waals surface area contributed by atoms with Crippen LogP contribution in [0.5, 0.6) is 0 Å². The average molecular weight is 272 g/mol. The third kappa shape index (κ3) is 3.54. The third-order valence-electron chi connectivity index (χ3n) is 3.76. The fourth-order valence-electron chi connectivity index (χ4n) is 2.56. The first kappa shape index (κ1) is 13.1. The zero-order valence-electron chi connectivity index (χ0n) is 11.5. The summed E-state index contributed by atoms with van der Waals surface area (Å²) in [4.78, 5) is 14.7. The maximum Gasteiger partial charge on any atom is 0.129 e. The van der Waals surface area contributed by atoms with Gasteiger partial charge in [-0.05, 0) is 18.9 Å². The largest absolute Gasteiger partial charge is 0.367 e. The molecule has 0 radical (unpaired) electrons. The van der Waals surface area contributed by atoms with E-state index in [0.717, 1.165) is 44.8 Å². The van der Waals surface area contributed by atoms with Gasteiger partial charge in [-0.25, -0.2) is 15.0 Å². The molecule has 3 rings (SSSR count). The van der Waals surface area contributed by atoms with Gasteiger partial charge < -0.3 is 14.8 Å². The van der Waals surface area contributed by atoms with E-state index < -0.39 is 0 Å². The van der Waals surface area contributed by atoms with Crippen LogP contribution in [0.25, 0.3) is 0 Å². The molecule has 0 bridgehead atoms. The maximum absolute atomic E-state index is 4.22. The summed E-state index contributed by atoms with van der Waals surface area (Å²) in [5.41, 5.74) is 0. The summed E-state index contributed by atoms with van der Waals surface area (Å²) in [5, 5.41) is 3.48. The first-order valence-electron chi connectivity index (χ1n) is 7.11. The molecule has 3 heterocycles. The van der Waals surface area contributed by atoms with Gasteiger partial charge in [0.15, 0.2) is 0 Å². The molecular weight excluding hydrogens is 252 g/mol. The van der Waals surface area contributed by atoms with Gasteiger partial charge in [-0.3, -0.25) is 0 Å². The number of hydrogen-bond donors (Lipinski definition) is 1. The van der Waals surface area contributed by atoms with Crippen LogP contribution in [0, 0.1) is 0 Å². The molecule has 0 saturated carbocycles. The van der Waals surface area contributed by atoms with Gasteiger partial charge in [-0.1, -0.05) is 0 Å². The SMILES string of the molecule is c1cc(NC2CCN(CCn3ccnc3)CC2)ncn1. The molecule has 1 aliphatic heterocycles. The lowest BCUT2D eigenvalue weighted by Gasteiger charge is -2.32. The summed E-state index contributed by atoms with van der Waals surface area (Å²) in [6.45, 7) is 4.38. The zero-order valence-corrected chi connectivity index (χ0v) is 11.5. The molecule has 106 valence electrons. The second kappa shape index (κ2) is 6.47. The van der Waals surface area contributed by atoms with E-state index in [0.29, 0.717) is 6.04 Å². The predicted octanol–water partition coefficient (Wildman–Crippen LogP) is 1.25. The molecule has 1 N–H and O–H groups in total. The fraction of sp³-hybridized carbons (Fsp3) is 0.500. The van der Waals surface area contributed by atoms with Crippen molar-refractivity contribution in [1.29, 1.82) is 0 Å². The second-order valence-corrected chi connectivity index (χ2v) is 5.16. The van der Waals surface area contributed by atoms with Crippen LogP contribution < -0.4 is 5.32 Å². The molecule has 20 heavy (non-hydrogen) atoms. The van der Waals surface area contributed by atoms with Gasteiger partial charge in [-0.2, -0.15) is 0 Å². The van der Waals surface area contributed by atoms with Crippen LogP contribution in [0.4, 0.5) is 5.82 Å². The minimum atomic E-state index is 0.523. The number of anilines is 1. The van der Waals surface area contributed by atoms with Crippen LogP contribution in [-0.2, 0) is 6.54 Å². The smallest absolute Gasteiger partial charge is 0.129 e. The van der Waals surface area contributed by atoms with E-state index >= 15 is 0 Å². The minimum Gasteiger partial charge on any atom is -0.367 e. The summed E-state index contributed by atoms with van der Waals surface area (Å²) in [7, 11) is 0. The lowest BCUT2D eigenvalue weighted by Crippen LogP contribution is -2.40. The van der Waals surface area contributed by atoms with Crippen molar-refractivity contribution in [1.82, 2.24) is 24.4 Å². The van der Waals surface area contributed by atoms with Gasteiger partial charge in [0.05, 0.1) is 6.33 Å². The first-order valence-corrected chi connectivity index (χ1v) is 7.11. The number of nitrogens with zero attached hydrogens (tertiary/aromatic N) is 5. The van der Waals surface area contributed by atoms with E-state index in [9.17, 15) is 0 Å². The molecule has 6 nitrogen and oxygen atoms in total. The number of rotatable bonds is 5. The molecule has 1 fully saturated rings. The first-order chi connectivity index (χ1) is 9.90. The van der Waals surface area contributed by atoms with E-state index in [-0.39, 0.29) is 0 Å². The Balaban J connectivity index is 1.40. The van der Waals surface area contributed by atoms with Crippen molar-refractivity contribution in [3.05, 3.63) is 37.3 Å². The summed E-state index contributed by atoms with van der Waals surface area (Å²) in [5.74, 6) is 0.928. The van der Waals surface area contributed by atoms with Gasteiger partial charge in [0.2, 0.25) is 0 Å². The van der Waals surface area contributed by atoms with Crippen LogP contribution >= 0.6 is 0 Å². The lowest BCUT2D eigenvalue weighted by molar-refractivity contribution is 0.211. The Hall–Kier alpha value is -1.95. The van der Waals surface area contributed by atoms with Crippen LogP contribution in [0.3, 0.4) is 0 Å². The number of piperidine rings is 1. The average Bonchev–Trinajstić information content (AvgIpc) is 3.01. The van der Waals surface area contributed by atoms with Crippen LogP contribution in [-0.4, -0.2) is 50.1 Å². The Bertz CT molecular complexity index is 490. The Morgan fingerprint density at radius 1 is 1.15 bits per heavy atom. The van der Waals surface area contributed by atoms with Gasteiger partial charge in [0.1, 0.15) is 12.1 Å². The molecular formula is C14H20N6. The number of imidazole rings is 1. The van der Waals surface area contributed by atoms with Gasteiger partial charge in [0.25, 0.3) is 0 Å². The highest BCUT2D eigenvalue weighted by Crippen LogP contribution is 2.14. The van der Waals surface area contributed by atoms with E-state index in [2.05, 4.69) is 29.7 Å². The zero-order chi connectivity index (χ0) is 13.6. The molecule has 0 aromatic carbocycles. The highest BCUT2D eigenvalue weighted by atomic mass is 15.2. The quantitative estimate of drug-likeness (QED) is 0.887. The summed E-state index contributed by atoms with van der Waals surface area (Å²) in [6.07, 6.45) is 11.4. The topological polar surface area (TPSA) is 58.9 Å². The molecule has 1 saturated heterocycles. The van der Waals surface area contributed by atoms with E-state index in [1.807, 2.05) is 24.8 Å². The number of aromatic nitrogens is 4. The van der Waals surface area contributed by atoms with E-state index in [1.165, 1.54) is 0 Å². The van der Waals surface area contributed by atoms with Crippen LogP contribution in [0.15, 0.2) is 37.3 Å². The summed E-state index contributed by atoms with van der Waals surface area (Å²) in [6, 6.07) is 2.44. The Kier molecular flexibility index (Phi) is 4.22. The monoisotopic (exact) mass is 272 g/mol. The Labute approximate surface area is 118 Å². The highest BCUT2D eigenvalue weighted by Gasteiger charge is 2.18. The molecule has 1 aliphatic rings. The Morgan fingerprint density at radius 3 is 2.75 bits per heavy atom. The summed E-state index contributed by atoms with van der Waals surface area (Å²) >= 11 is 0. The molecule has 6 heteroatoms. The lowest BCUT2D eigenvalue weighted by atomic mass is 10.1. The van der Waals surface area contributed by atoms with E-state index in [1.54, 1.807) is 12.5 Å². The molecule has 0 unspecified atom stereocenters. The van der Waals surface area contributed by atoms with Crippen molar-refractivity contribution in [3.63, 3.8) is 0 Å². The van der Waals surface area contributed by atoms with Gasteiger partial charge >= 0.3 is 0 Å². The van der Waals surface area contributed by atoms with Crippen molar-refractivity contribution >= 4 is 5.82 Å². The normalized spacial score (nSPS) is 17.2. The number of hydrogen-bond acceptors (Lipinski definition) is 5. The molecule has 0 atom stereocenters. The number of nitrogens with one attached hydrogen (secondary N) is 1. The van der Waals surface area contributed by atoms with E-state index in [4.69, 9.17) is 0 Å². The van der Waals surface area contributed by atoms with Crippen LogP contribution in [0.2, 0.25) is 0 Å². The van der Waals surface area contributed by atoms with Crippen LogP contribution in [0.1, 0.15) is 12.8 Å². The van der Waals surface area contributed by atoms with Gasteiger partial charge in [0, 0.05) is 50.8 Å². The van der Waals surface area contributed by atoms with Crippen molar-refractivity contribution in [2.45, 2.75) is 25.4 Å². The third-order valence-corrected chi connectivity index (χ3v) is 3.76. The second-order valence-electron chi connectivity index (χ2n) is 5.16. The van der Waals surface area contributed by atoms with Crippen molar-refractivity contribution < 1.29 is 0 Å². The number of likely N-dealkylation sites (tertiary alicyclic amines) is 1. The Morgan fingerprint density at radius 2 is 2.05 bits per heavy atom. The fourth-order valence-corrected chi connectivity index (χ4v) is 2.56. The molecule has 0 spiro atoms. The van der Waals surface area contributed by atoms with Crippen molar-refractivity contribution in [2.75, 3.05) is 25.0 Å². The molecule has 0 amide bonds. The minimum absolute atomic E-state index is 0.523. The van der Waals surface area contributed by atoms with Crippen molar-refractivity contribution in [3.8, 4) is 0 Å². The molecule has 2 aromatic heterocycles. The standard InChI is InChI=1S/C14H20N6/c1-4-15-11-17-14(1)18-13-2-6-19(7-3-13)9-10-20-8-5-16-12-20/h1,4-5,8,11-13H,2-3,6-7,9-10H2,(H,15,17,18). The highest BCUT2D eigenvalue weighted by molar-refractivity contribution is 5.33. The van der Waals surface area contributed by atoms with Crippen molar-refractivity contribution in [2.24, 2.45) is 0 Å². The molecule has 0 aliphatic carbocycles. The molecule has 2 aromatic rings.